The molecule has 1 saturated heterocycles. The number of ketones is 1. The molecule has 1 aromatic carbocycles. The summed E-state index contributed by atoms with van der Waals surface area (Å²) in [4.78, 5) is 14.9. The summed E-state index contributed by atoms with van der Waals surface area (Å²) in [5.74, 6) is 0.205. The van der Waals surface area contributed by atoms with E-state index >= 15 is 0 Å². The third-order valence-corrected chi connectivity index (χ3v) is 4.56. The van der Waals surface area contributed by atoms with E-state index in [0.717, 1.165) is 29.7 Å². The van der Waals surface area contributed by atoms with Gasteiger partial charge in [-0.3, -0.25) is 4.79 Å². The van der Waals surface area contributed by atoms with E-state index in [1.54, 1.807) is 6.08 Å². The molecule has 0 unspecified atom stereocenters. The van der Waals surface area contributed by atoms with Gasteiger partial charge in [0.25, 0.3) is 0 Å². The molecule has 0 N–H and O–H groups in total. The molecule has 0 bridgehead atoms. The predicted octanol–water partition coefficient (Wildman–Crippen LogP) is 4.97. The Bertz CT molecular complexity index is 504. The maximum absolute atomic E-state index is 12.5. The van der Waals surface area contributed by atoms with E-state index in [1.807, 2.05) is 30.3 Å². The van der Waals surface area contributed by atoms with Gasteiger partial charge in [0.15, 0.2) is 5.78 Å². The van der Waals surface area contributed by atoms with E-state index in [1.165, 1.54) is 19.3 Å². The minimum absolute atomic E-state index is 0. The number of hydrogen-bond donors (Lipinski definition) is 0. The summed E-state index contributed by atoms with van der Waals surface area (Å²) >= 11 is 3.42. The van der Waals surface area contributed by atoms with Gasteiger partial charge in [-0.2, -0.15) is 0 Å². The van der Waals surface area contributed by atoms with Crippen molar-refractivity contribution in [1.82, 2.24) is 4.90 Å². The highest BCUT2D eigenvalue weighted by molar-refractivity contribution is 9.10. The molecule has 1 fully saturated rings. The lowest BCUT2D eigenvalue weighted by molar-refractivity contribution is -0.123. The van der Waals surface area contributed by atoms with E-state index in [9.17, 15) is 4.79 Å². The van der Waals surface area contributed by atoms with Gasteiger partial charge in [-0.15, -0.1) is 12.4 Å². The Morgan fingerprint density at radius 2 is 1.77 bits per heavy atom. The molecule has 0 atom stereocenters. The number of carbonyl (C=O) groups is 1. The zero-order valence-electron chi connectivity index (χ0n) is 13.3. The fourth-order valence-electron chi connectivity index (χ4n) is 2.73. The Kier molecular flexibility index (Phi) is 7.81. The summed E-state index contributed by atoms with van der Waals surface area (Å²) < 4.78 is 1.05. The van der Waals surface area contributed by atoms with Crippen LogP contribution in [0.2, 0.25) is 0 Å². The lowest BCUT2D eigenvalue weighted by atomic mass is 9.86. The molecule has 1 aliphatic heterocycles. The number of nitrogens with zero attached hydrogens (tertiary/aromatic N) is 1. The molecule has 0 radical (unpaired) electrons. The molecule has 1 heterocycles. The minimum atomic E-state index is -0.316. The number of likely N-dealkylation sites (tertiary alicyclic amines) is 1. The van der Waals surface area contributed by atoms with Crippen LogP contribution < -0.4 is 0 Å². The summed E-state index contributed by atoms with van der Waals surface area (Å²) in [5.41, 5.74) is 0.740. The average molecular weight is 387 g/mol. The first-order valence-electron chi connectivity index (χ1n) is 7.68. The van der Waals surface area contributed by atoms with Crippen molar-refractivity contribution in [3.05, 3.63) is 40.4 Å². The van der Waals surface area contributed by atoms with Crippen LogP contribution in [0.25, 0.3) is 6.08 Å². The van der Waals surface area contributed by atoms with Gasteiger partial charge in [0.1, 0.15) is 0 Å². The van der Waals surface area contributed by atoms with Crippen molar-refractivity contribution in [2.24, 2.45) is 5.41 Å². The van der Waals surface area contributed by atoms with Gasteiger partial charge in [-0.25, -0.2) is 0 Å². The van der Waals surface area contributed by atoms with Crippen molar-refractivity contribution >= 4 is 40.2 Å². The number of hydrogen-bond acceptors (Lipinski definition) is 2. The third kappa shape index (κ3) is 5.86. The van der Waals surface area contributed by atoms with E-state index in [2.05, 4.69) is 34.7 Å². The van der Waals surface area contributed by atoms with Crippen LogP contribution in [0.3, 0.4) is 0 Å². The van der Waals surface area contributed by atoms with E-state index in [0.29, 0.717) is 0 Å². The Morgan fingerprint density at radius 1 is 1.18 bits per heavy atom. The number of piperidine rings is 1. The van der Waals surface area contributed by atoms with Crippen molar-refractivity contribution < 1.29 is 4.79 Å². The van der Waals surface area contributed by atoms with Crippen LogP contribution in [-0.2, 0) is 4.79 Å². The summed E-state index contributed by atoms with van der Waals surface area (Å²) in [7, 11) is 0. The number of allylic oxidation sites excluding steroid dienone is 1. The summed E-state index contributed by atoms with van der Waals surface area (Å²) in [6.45, 7) is 7.22. The highest BCUT2D eigenvalue weighted by atomic mass is 79.9. The van der Waals surface area contributed by atoms with Gasteiger partial charge in [0.2, 0.25) is 0 Å². The van der Waals surface area contributed by atoms with Gasteiger partial charge < -0.3 is 4.90 Å². The number of carbonyl (C=O) groups excluding carboxylic acids is 1. The molecule has 2 nitrogen and oxygen atoms in total. The maximum atomic E-state index is 12.5. The van der Waals surface area contributed by atoms with Crippen LogP contribution >= 0.6 is 28.3 Å². The SMILES string of the molecule is CC(C)(CN1CCCCC1)C(=O)/C=C/c1ccc(Br)cc1.Cl. The predicted molar refractivity (Wildman–Crippen MR) is 99.5 cm³/mol. The van der Waals surface area contributed by atoms with Crippen molar-refractivity contribution in [3.8, 4) is 0 Å². The number of halogens is 2. The molecule has 4 heteroatoms. The minimum Gasteiger partial charge on any atom is -0.302 e. The van der Waals surface area contributed by atoms with Gasteiger partial charge in [-0.1, -0.05) is 54.4 Å². The second-order valence-electron chi connectivity index (χ2n) is 6.47. The van der Waals surface area contributed by atoms with Crippen molar-refractivity contribution in [1.29, 1.82) is 0 Å². The number of benzene rings is 1. The zero-order valence-corrected chi connectivity index (χ0v) is 15.8. The first-order chi connectivity index (χ1) is 9.97. The molecule has 122 valence electrons. The van der Waals surface area contributed by atoms with E-state index in [-0.39, 0.29) is 23.6 Å². The molecule has 1 aromatic rings. The summed E-state index contributed by atoms with van der Waals surface area (Å²) in [5, 5.41) is 0. The largest absolute Gasteiger partial charge is 0.302 e. The monoisotopic (exact) mass is 385 g/mol. The van der Waals surface area contributed by atoms with Gasteiger partial charge in [0, 0.05) is 16.4 Å². The van der Waals surface area contributed by atoms with Crippen molar-refractivity contribution in [2.45, 2.75) is 33.1 Å². The Morgan fingerprint density at radius 3 is 2.36 bits per heavy atom. The smallest absolute Gasteiger partial charge is 0.162 e. The maximum Gasteiger partial charge on any atom is 0.162 e. The fourth-order valence-corrected chi connectivity index (χ4v) is 2.99. The Balaban J connectivity index is 0.00000242. The molecule has 0 amide bonds. The lowest BCUT2D eigenvalue weighted by Crippen LogP contribution is -2.41. The molecule has 0 saturated carbocycles. The first-order valence-corrected chi connectivity index (χ1v) is 8.47. The van der Waals surface area contributed by atoms with Crippen LogP contribution in [0.5, 0.6) is 0 Å². The molecule has 0 aliphatic carbocycles. The van der Waals surface area contributed by atoms with Gasteiger partial charge in [-0.05, 0) is 49.7 Å². The number of rotatable bonds is 5. The topological polar surface area (TPSA) is 20.3 Å². The van der Waals surface area contributed by atoms with Crippen LogP contribution in [-0.4, -0.2) is 30.3 Å². The third-order valence-electron chi connectivity index (χ3n) is 4.03. The lowest BCUT2D eigenvalue weighted by Gasteiger charge is -2.33. The van der Waals surface area contributed by atoms with Gasteiger partial charge >= 0.3 is 0 Å². The molecule has 2 rings (SSSR count). The van der Waals surface area contributed by atoms with Crippen LogP contribution in [0, 0.1) is 5.41 Å². The second-order valence-corrected chi connectivity index (χ2v) is 7.39. The summed E-state index contributed by atoms with van der Waals surface area (Å²) in [6, 6.07) is 7.99. The average Bonchev–Trinajstić information content (AvgIpc) is 2.47. The van der Waals surface area contributed by atoms with E-state index in [4.69, 9.17) is 0 Å². The van der Waals surface area contributed by atoms with Crippen molar-refractivity contribution in [3.63, 3.8) is 0 Å². The molecule has 22 heavy (non-hydrogen) atoms. The summed E-state index contributed by atoms with van der Waals surface area (Å²) in [6.07, 6.45) is 7.49. The van der Waals surface area contributed by atoms with Crippen LogP contribution in [0.15, 0.2) is 34.8 Å². The van der Waals surface area contributed by atoms with Crippen LogP contribution in [0.4, 0.5) is 0 Å². The Hall–Kier alpha value is -0.640. The highest BCUT2D eigenvalue weighted by Crippen LogP contribution is 2.22. The van der Waals surface area contributed by atoms with Gasteiger partial charge in [0.05, 0.1) is 0 Å². The molecule has 1 aliphatic rings. The molecular weight excluding hydrogens is 362 g/mol. The first kappa shape index (κ1) is 19.4. The van der Waals surface area contributed by atoms with Crippen molar-refractivity contribution in [2.75, 3.05) is 19.6 Å². The standard InChI is InChI=1S/C18H24BrNO.ClH/c1-18(2,14-20-12-4-3-5-13-20)17(21)11-8-15-6-9-16(19)10-7-15;/h6-11H,3-5,12-14H2,1-2H3;1H/b11-8+;. The molecule has 0 spiro atoms. The Labute approximate surface area is 148 Å². The zero-order chi connectivity index (χ0) is 15.3. The molecular formula is C18H25BrClNO. The second kappa shape index (κ2) is 8.85. The normalized spacial score (nSPS) is 16.5. The quantitative estimate of drug-likeness (QED) is 0.666. The highest BCUT2D eigenvalue weighted by Gasteiger charge is 2.28. The van der Waals surface area contributed by atoms with E-state index < -0.39 is 0 Å². The van der Waals surface area contributed by atoms with Crippen LogP contribution in [0.1, 0.15) is 38.7 Å². The molecule has 0 aromatic heterocycles. The fraction of sp³-hybridized carbons (Fsp3) is 0.500.